The molecule has 0 aliphatic heterocycles. The minimum Gasteiger partial charge on any atom is -0.464 e. The summed E-state index contributed by atoms with van der Waals surface area (Å²) in [5, 5.41) is 6.32. The van der Waals surface area contributed by atoms with Gasteiger partial charge >= 0.3 is 6.01 Å². The highest BCUT2D eigenvalue weighted by molar-refractivity contribution is 5.36. The predicted octanol–water partition coefficient (Wildman–Crippen LogP) is 2.30. The van der Waals surface area contributed by atoms with E-state index in [9.17, 15) is 0 Å². The second-order valence-electron chi connectivity index (χ2n) is 5.05. The van der Waals surface area contributed by atoms with E-state index < -0.39 is 0 Å². The van der Waals surface area contributed by atoms with E-state index in [0.717, 1.165) is 5.92 Å². The largest absolute Gasteiger partial charge is 0.464 e. The number of hydrogen-bond donors (Lipinski definition) is 2. The minimum atomic E-state index is 0.369. The van der Waals surface area contributed by atoms with E-state index in [1.54, 1.807) is 7.05 Å². The molecule has 1 aliphatic carbocycles. The zero-order chi connectivity index (χ0) is 13.7. The lowest BCUT2D eigenvalue weighted by Gasteiger charge is -2.26. The number of hydrogen-bond acceptors (Lipinski definition) is 6. The van der Waals surface area contributed by atoms with E-state index in [1.165, 1.54) is 25.7 Å². The van der Waals surface area contributed by atoms with Gasteiger partial charge in [-0.25, -0.2) is 0 Å². The Labute approximate surface area is 114 Å². The molecule has 0 atom stereocenters. The van der Waals surface area contributed by atoms with Crippen LogP contribution in [0.15, 0.2) is 0 Å². The van der Waals surface area contributed by atoms with Crippen molar-refractivity contribution in [3.8, 4) is 6.01 Å². The van der Waals surface area contributed by atoms with Crippen molar-refractivity contribution < 1.29 is 4.74 Å². The van der Waals surface area contributed by atoms with E-state index in [2.05, 4.69) is 32.5 Å². The van der Waals surface area contributed by atoms with Crippen molar-refractivity contribution >= 4 is 11.9 Å². The molecular weight excluding hydrogens is 242 g/mol. The van der Waals surface area contributed by atoms with Crippen molar-refractivity contribution in [1.82, 2.24) is 15.0 Å². The van der Waals surface area contributed by atoms with Gasteiger partial charge < -0.3 is 15.4 Å². The van der Waals surface area contributed by atoms with Crippen LogP contribution in [-0.4, -0.2) is 34.6 Å². The Kier molecular flexibility index (Phi) is 4.76. The summed E-state index contributed by atoms with van der Waals surface area (Å²) in [5.74, 6) is 1.97. The van der Waals surface area contributed by atoms with Crippen molar-refractivity contribution in [3.05, 3.63) is 0 Å². The van der Waals surface area contributed by atoms with E-state index >= 15 is 0 Å². The SMILES string of the molecule is CCOc1nc(NC)nc(NC2CCC(C)CC2)n1. The molecule has 1 saturated carbocycles. The summed E-state index contributed by atoms with van der Waals surface area (Å²) in [6.07, 6.45) is 4.87. The van der Waals surface area contributed by atoms with E-state index in [4.69, 9.17) is 4.74 Å². The van der Waals surface area contributed by atoms with Crippen LogP contribution in [0.4, 0.5) is 11.9 Å². The normalized spacial score (nSPS) is 22.9. The van der Waals surface area contributed by atoms with Crippen LogP contribution in [0, 0.1) is 5.92 Å². The highest BCUT2D eigenvalue weighted by Gasteiger charge is 2.19. The van der Waals surface area contributed by atoms with Gasteiger partial charge in [-0.05, 0) is 38.5 Å². The molecule has 0 bridgehead atoms. The van der Waals surface area contributed by atoms with Crippen LogP contribution >= 0.6 is 0 Å². The van der Waals surface area contributed by atoms with Gasteiger partial charge in [0, 0.05) is 13.1 Å². The van der Waals surface area contributed by atoms with Crippen LogP contribution in [0.2, 0.25) is 0 Å². The molecule has 0 radical (unpaired) electrons. The Morgan fingerprint density at radius 3 is 2.42 bits per heavy atom. The molecule has 2 rings (SSSR count). The van der Waals surface area contributed by atoms with Crippen molar-refractivity contribution in [2.45, 2.75) is 45.6 Å². The molecule has 0 aromatic carbocycles. The van der Waals surface area contributed by atoms with Gasteiger partial charge in [-0.3, -0.25) is 0 Å². The van der Waals surface area contributed by atoms with E-state index in [1.807, 2.05) is 6.92 Å². The molecule has 6 nitrogen and oxygen atoms in total. The van der Waals surface area contributed by atoms with Gasteiger partial charge in [-0.1, -0.05) is 6.92 Å². The lowest BCUT2D eigenvalue weighted by molar-refractivity contribution is 0.312. The molecule has 1 aromatic rings. The maximum atomic E-state index is 5.35. The molecule has 6 heteroatoms. The number of rotatable bonds is 5. The predicted molar refractivity (Wildman–Crippen MR) is 75.6 cm³/mol. The summed E-state index contributed by atoms with van der Waals surface area (Å²) >= 11 is 0. The Morgan fingerprint density at radius 2 is 1.79 bits per heavy atom. The monoisotopic (exact) mass is 265 g/mol. The van der Waals surface area contributed by atoms with Gasteiger partial charge in [0.15, 0.2) is 0 Å². The van der Waals surface area contributed by atoms with E-state index in [-0.39, 0.29) is 0 Å². The number of anilines is 2. The summed E-state index contributed by atoms with van der Waals surface area (Å²) in [6, 6.07) is 0.825. The van der Waals surface area contributed by atoms with Crippen molar-refractivity contribution in [2.75, 3.05) is 24.3 Å². The molecule has 2 N–H and O–H groups in total. The highest BCUT2D eigenvalue weighted by atomic mass is 16.5. The van der Waals surface area contributed by atoms with Crippen LogP contribution in [0.5, 0.6) is 6.01 Å². The van der Waals surface area contributed by atoms with Gasteiger partial charge in [0.1, 0.15) is 0 Å². The topological polar surface area (TPSA) is 72.0 Å². The molecule has 1 heterocycles. The van der Waals surface area contributed by atoms with E-state index in [0.29, 0.717) is 30.6 Å². The Morgan fingerprint density at radius 1 is 1.11 bits per heavy atom. The number of nitrogens with one attached hydrogen (secondary N) is 2. The molecule has 106 valence electrons. The minimum absolute atomic E-state index is 0.369. The molecule has 1 aromatic heterocycles. The Balaban J connectivity index is 2.04. The Hall–Kier alpha value is -1.59. The lowest BCUT2D eigenvalue weighted by atomic mass is 9.87. The molecule has 1 aliphatic rings. The first kappa shape index (κ1) is 13.8. The maximum absolute atomic E-state index is 5.35. The van der Waals surface area contributed by atoms with Crippen molar-refractivity contribution in [2.24, 2.45) is 5.92 Å². The number of nitrogens with zero attached hydrogens (tertiary/aromatic N) is 3. The van der Waals surface area contributed by atoms with Crippen molar-refractivity contribution in [3.63, 3.8) is 0 Å². The molecule has 19 heavy (non-hydrogen) atoms. The zero-order valence-electron chi connectivity index (χ0n) is 11.9. The number of aromatic nitrogens is 3. The van der Waals surface area contributed by atoms with Crippen LogP contribution in [0.3, 0.4) is 0 Å². The van der Waals surface area contributed by atoms with Gasteiger partial charge in [-0.15, -0.1) is 0 Å². The smallest absolute Gasteiger partial charge is 0.323 e. The van der Waals surface area contributed by atoms with Crippen LogP contribution in [-0.2, 0) is 0 Å². The highest BCUT2D eigenvalue weighted by Crippen LogP contribution is 2.25. The van der Waals surface area contributed by atoms with Gasteiger partial charge in [0.25, 0.3) is 0 Å². The molecule has 0 unspecified atom stereocenters. The summed E-state index contributed by atoms with van der Waals surface area (Å²) in [4.78, 5) is 12.8. The molecule has 0 spiro atoms. The molecular formula is C13H23N5O. The zero-order valence-corrected chi connectivity index (χ0v) is 11.9. The Bertz CT molecular complexity index is 404. The maximum Gasteiger partial charge on any atom is 0.323 e. The average molecular weight is 265 g/mol. The first-order chi connectivity index (χ1) is 9.21. The first-order valence-electron chi connectivity index (χ1n) is 7.04. The van der Waals surface area contributed by atoms with Crippen molar-refractivity contribution in [1.29, 1.82) is 0 Å². The summed E-state index contributed by atoms with van der Waals surface area (Å²) in [7, 11) is 1.79. The van der Waals surface area contributed by atoms with Gasteiger partial charge in [0.05, 0.1) is 6.61 Å². The molecule has 1 fully saturated rings. The van der Waals surface area contributed by atoms with Crippen LogP contribution < -0.4 is 15.4 Å². The fourth-order valence-corrected chi connectivity index (χ4v) is 2.31. The fraction of sp³-hybridized carbons (Fsp3) is 0.769. The summed E-state index contributed by atoms with van der Waals surface area (Å²) in [6.45, 7) is 4.78. The second kappa shape index (κ2) is 6.54. The quantitative estimate of drug-likeness (QED) is 0.851. The van der Waals surface area contributed by atoms with Crippen LogP contribution in [0.25, 0.3) is 0 Å². The van der Waals surface area contributed by atoms with Gasteiger partial charge in [-0.2, -0.15) is 15.0 Å². The average Bonchev–Trinajstić information content (AvgIpc) is 2.41. The molecule has 0 saturated heterocycles. The first-order valence-corrected chi connectivity index (χ1v) is 7.04. The lowest BCUT2D eigenvalue weighted by Crippen LogP contribution is -2.26. The third-order valence-electron chi connectivity index (χ3n) is 3.46. The van der Waals surface area contributed by atoms with Gasteiger partial charge in [0.2, 0.25) is 11.9 Å². The third-order valence-corrected chi connectivity index (χ3v) is 3.46. The standard InChI is InChI=1S/C13H23N5O/c1-4-19-13-17-11(14-3)16-12(18-13)15-10-7-5-9(2)6-8-10/h9-10H,4-8H2,1-3H3,(H2,14,15,16,17,18). The van der Waals surface area contributed by atoms with Crippen LogP contribution in [0.1, 0.15) is 39.5 Å². The number of ether oxygens (including phenoxy) is 1. The second-order valence-corrected chi connectivity index (χ2v) is 5.05. The summed E-state index contributed by atoms with van der Waals surface area (Å²) in [5.41, 5.74) is 0. The fourth-order valence-electron chi connectivity index (χ4n) is 2.31. The third kappa shape index (κ3) is 3.94. The summed E-state index contributed by atoms with van der Waals surface area (Å²) < 4.78 is 5.35. The molecule has 0 amide bonds.